The first-order valence-electron chi connectivity index (χ1n) is 8.30. The van der Waals surface area contributed by atoms with Gasteiger partial charge in [-0.3, -0.25) is 9.69 Å². The fourth-order valence-electron chi connectivity index (χ4n) is 3.58. The molecule has 1 saturated carbocycles. The van der Waals surface area contributed by atoms with Crippen molar-refractivity contribution in [3.63, 3.8) is 0 Å². The topological polar surface area (TPSA) is 58.4 Å². The summed E-state index contributed by atoms with van der Waals surface area (Å²) >= 11 is 0. The molecule has 2 aliphatic rings. The van der Waals surface area contributed by atoms with Crippen molar-refractivity contribution in [2.24, 2.45) is 17.1 Å². The Morgan fingerprint density at radius 1 is 1.35 bits per heavy atom. The van der Waals surface area contributed by atoms with Gasteiger partial charge in [0.05, 0.1) is 5.41 Å². The van der Waals surface area contributed by atoms with E-state index in [0.717, 1.165) is 38.1 Å². The maximum absolute atomic E-state index is 12.6. The monoisotopic (exact) mass is 281 g/mol. The Labute approximate surface area is 123 Å². The Bertz CT molecular complexity index is 318. The van der Waals surface area contributed by atoms with Gasteiger partial charge >= 0.3 is 0 Å². The van der Waals surface area contributed by atoms with Crippen LogP contribution in [0.2, 0.25) is 0 Å². The van der Waals surface area contributed by atoms with Crippen molar-refractivity contribution in [3.05, 3.63) is 0 Å². The second-order valence-electron chi connectivity index (χ2n) is 6.97. The molecule has 116 valence electrons. The number of carbonyl (C=O) groups excluding carboxylic acids is 1. The van der Waals surface area contributed by atoms with Gasteiger partial charge in [0.2, 0.25) is 5.91 Å². The minimum atomic E-state index is -0.294. The van der Waals surface area contributed by atoms with Crippen molar-refractivity contribution < 1.29 is 4.79 Å². The molecule has 1 aliphatic carbocycles. The van der Waals surface area contributed by atoms with Gasteiger partial charge in [0.25, 0.3) is 0 Å². The van der Waals surface area contributed by atoms with Gasteiger partial charge in [0, 0.05) is 19.1 Å². The molecule has 1 atom stereocenters. The highest BCUT2D eigenvalue weighted by molar-refractivity contribution is 5.83. The number of rotatable bonds is 5. The summed E-state index contributed by atoms with van der Waals surface area (Å²) in [6.07, 6.45) is 6.76. The van der Waals surface area contributed by atoms with Crippen molar-refractivity contribution in [2.45, 2.75) is 58.4 Å². The Balaban J connectivity index is 1.83. The van der Waals surface area contributed by atoms with Gasteiger partial charge in [0.15, 0.2) is 0 Å². The second-order valence-corrected chi connectivity index (χ2v) is 6.97. The van der Waals surface area contributed by atoms with Crippen molar-refractivity contribution >= 4 is 5.91 Å². The van der Waals surface area contributed by atoms with E-state index in [0.29, 0.717) is 12.6 Å². The zero-order valence-electron chi connectivity index (χ0n) is 13.2. The molecule has 0 aromatic rings. The molecule has 4 heteroatoms. The van der Waals surface area contributed by atoms with E-state index in [1.807, 2.05) is 0 Å². The number of amides is 1. The number of nitrogens with one attached hydrogen (secondary N) is 1. The first kappa shape index (κ1) is 15.8. The Morgan fingerprint density at radius 2 is 1.95 bits per heavy atom. The van der Waals surface area contributed by atoms with Crippen molar-refractivity contribution in [3.8, 4) is 0 Å². The van der Waals surface area contributed by atoms with Crippen molar-refractivity contribution in [1.82, 2.24) is 10.2 Å². The lowest BCUT2D eigenvalue weighted by atomic mass is 9.70. The quantitative estimate of drug-likeness (QED) is 0.807. The fourth-order valence-corrected chi connectivity index (χ4v) is 3.58. The van der Waals surface area contributed by atoms with Crippen LogP contribution in [-0.2, 0) is 4.79 Å². The molecule has 1 amide bonds. The number of carbonyl (C=O) groups is 1. The smallest absolute Gasteiger partial charge is 0.227 e. The molecule has 4 nitrogen and oxygen atoms in total. The SMILES string of the molecule is CC1CCC(CN)(C(=O)NCC(C)N2CCCC2)CC1. The zero-order chi connectivity index (χ0) is 14.6. The highest BCUT2D eigenvalue weighted by Crippen LogP contribution is 2.38. The lowest BCUT2D eigenvalue weighted by Gasteiger charge is -2.37. The van der Waals surface area contributed by atoms with Crippen LogP contribution in [0.5, 0.6) is 0 Å². The molecule has 1 heterocycles. The van der Waals surface area contributed by atoms with E-state index in [1.54, 1.807) is 0 Å². The van der Waals surface area contributed by atoms with Crippen LogP contribution in [0.3, 0.4) is 0 Å². The third-order valence-electron chi connectivity index (χ3n) is 5.43. The minimum Gasteiger partial charge on any atom is -0.354 e. The average Bonchev–Trinajstić information content (AvgIpc) is 3.00. The van der Waals surface area contributed by atoms with Gasteiger partial charge in [-0.15, -0.1) is 0 Å². The van der Waals surface area contributed by atoms with Crippen molar-refractivity contribution in [2.75, 3.05) is 26.2 Å². The van der Waals surface area contributed by atoms with Gasteiger partial charge in [-0.05, 0) is 64.5 Å². The summed E-state index contributed by atoms with van der Waals surface area (Å²) in [6.45, 7) is 8.09. The molecule has 0 aromatic heterocycles. The number of hydrogen-bond donors (Lipinski definition) is 2. The zero-order valence-corrected chi connectivity index (χ0v) is 13.2. The average molecular weight is 281 g/mol. The summed E-state index contributed by atoms with van der Waals surface area (Å²) in [5.74, 6) is 0.934. The third kappa shape index (κ3) is 3.53. The summed E-state index contributed by atoms with van der Waals surface area (Å²) in [5, 5.41) is 3.18. The number of likely N-dealkylation sites (tertiary alicyclic amines) is 1. The van der Waals surface area contributed by atoms with Crippen LogP contribution in [-0.4, -0.2) is 43.0 Å². The number of hydrogen-bond acceptors (Lipinski definition) is 3. The predicted molar refractivity (Wildman–Crippen MR) is 82.4 cm³/mol. The lowest BCUT2D eigenvalue weighted by Crippen LogP contribution is -2.50. The first-order valence-corrected chi connectivity index (χ1v) is 8.30. The molecule has 2 fully saturated rings. The van der Waals surface area contributed by atoms with Crippen LogP contribution in [0, 0.1) is 11.3 Å². The Morgan fingerprint density at radius 3 is 2.50 bits per heavy atom. The molecule has 3 N–H and O–H groups in total. The highest BCUT2D eigenvalue weighted by atomic mass is 16.2. The van der Waals surface area contributed by atoms with E-state index in [2.05, 4.69) is 24.1 Å². The molecule has 0 bridgehead atoms. The van der Waals surface area contributed by atoms with E-state index in [9.17, 15) is 4.79 Å². The Kier molecular flexibility index (Phi) is 5.44. The third-order valence-corrected chi connectivity index (χ3v) is 5.43. The molecule has 0 aromatic carbocycles. The standard InChI is InChI=1S/C16H31N3O/c1-13-5-7-16(12-17,8-6-13)15(20)18-11-14(2)19-9-3-4-10-19/h13-14H,3-12,17H2,1-2H3,(H,18,20). The van der Waals surface area contributed by atoms with E-state index in [4.69, 9.17) is 5.73 Å². The summed E-state index contributed by atoms with van der Waals surface area (Å²) in [5.41, 5.74) is 5.65. The summed E-state index contributed by atoms with van der Waals surface area (Å²) in [6, 6.07) is 0.443. The van der Waals surface area contributed by atoms with Crippen LogP contribution in [0.4, 0.5) is 0 Å². The van der Waals surface area contributed by atoms with Gasteiger partial charge < -0.3 is 11.1 Å². The van der Waals surface area contributed by atoms with Crippen LogP contribution >= 0.6 is 0 Å². The first-order chi connectivity index (χ1) is 9.57. The van der Waals surface area contributed by atoms with E-state index >= 15 is 0 Å². The molecule has 1 saturated heterocycles. The molecule has 1 unspecified atom stereocenters. The number of nitrogens with two attached hydrogens (primary N) is 1. The van der Waals surface area contributed by atoms with Crippen LogP contribution in [0.15, 0.2) is 0 Å². The Hall–Kier alpha value is -0.610. The minimum absolute atomic E-state index is 0.193. The largest absolute Gasteiger partial charge is 0.354 e. The summed E-state index contributed by atoms with van der Waals surface area (Å²) in [4.78, 5) is 15.0. The molecule has 0 spiro atoms. The van der Waals surface area contributed by atoms with Crippen molar-refractivity contribution in [1.29, 1.82) is 0 Å². The highest BCUT2D eigenvalue weighted by Gasteiger charge is 2.39. The van der Waals surface area contributed by atoms with Gasteiger partial charge in [0.1, 0.15) is 0 Å². The molecule has 20 heavy (non-hydrogen) atoms. The van der Waals surface area contributed by atoms with E-state index < -0.39 is 0 Å². The van der Waals surface area contributed by atoms with Crippen LogP contribution in [0.25, 0.3) is 0 Å². The normalized spacial score (nSPS) is 33.0. The maximum Gasteiger partial charge on any atom is 0.227 e. The molecule has 1 aliphatic heterocycles. The van der Waals surface area contributed by atoms with E-state index in [1.165, 1.54) is 25.9 Å². The molecule has 0 radical (unpaired) electrons. The molecule has 2 rings (SSSR count). The second kappa shape index (κ2) is 6.90. The number of nitrogens with zero attached hydrogens (tertiary/aromatic N) is 1. The van der Waals surface area contributed by atoms with Gasteiger partial charge in [-0.2, -0.15) is 0 Å². The fraction of sp³-hybridized carbons (Fsp3) is 0.938. The van der Waals surface area contributed by atoms with Gasteiger partial charge in [-0.25, -0.2) is 0 Å². The van der Waals surface area contributed by atoms with Gasteiger partial charge in [-0.1, -0.05) is 6.92 Å². The maximum atomic E-state index is 12.6. The molecular formula is C16H31N3O. The van der Waals surface area contributed by atoms with Crippen LogP contribution in [0.1, 0.15) is 52.4 Å². The van der Waals surface area contributed by atoms with Crippen LogP contribution < -0.4 is 11.1 Å². The predicted octanol–water partition coefficient (Wildman–Crippen LogP) is 1.74. The molecular weight excluding hydrogens is 250 g/mol. The lowest BCUT2D eigenvalue weighted by molar-refractivity contribution is -0.133. The van der Waals surface area contributed by atoms with E-state index in [-0.39, 0.29) is 11.3 Å². The summed E-state index contributed by atoms with van der Waals surface area (Å²) < 4.78 is 0. The summed E-state index contributed by atoms with van der Waals surface area (Å²) in [7, 11) is 0.